The van der Waals surface area contributed by atoms with Crippen LogP contribution >= 0.6 is 0 Å². The Morgan fingerprint density at radius 2 is 2.00 bits per heavy atom. The molecular formula is C16H25N3O2. The molecule has 3 N–H and O–H groups in total. The van der Waals surface area contributed by atoms with E-state index in [-0.39, 0.29) is 11.9 Å². The van der Waals surface area contributed by atoms with Crippen molar-refractivity contribution in [2.45, 2.75) is 37.8 Å². The highest BCUT2D eigenvalue weighted by molar-refractivity contribution is 5.92. The van der Waals surface area contributed by atoms with Crippen LogP contribution in [-0.2, 0) is 4.79 Å². The van der Waals surface area contributed by atoms with Gasteiger partial charge in [-0.3, -0.25) is 9.69 Å². The molecule has 5 nitrogen and oxygen atoms in total. The van der Waals surface area contributed by atoms with Gasteiger partial charge in [-0.05, 0) is 44.2 Å². The summed E-state index contributed by atoms with van der Waals surface area (Å²) in [5, 5.41) is 2.90. The third-order valence-electron chi connectivity index (χ3n) is 4.11. The van der Waals surface area contributed by atoms with Crippen molar-refractivity contribution in [1.82, 2.24) is 4.90 Å². The van der Waals surface area contributed by atoms with E-state index in [0.29, 0.717) is 12.6 Å². The molecule has 1 fully saturated rings. The molecule has 2 unspecified atom stereocenters. The summed E-state index contributed by atoms with van der Waals surface area (Å²) >= 11 is 0. The molecule has 1 saturated carbocycles. The van der Waals surface area contributed by atoms with Crippen LogP contribution in [-0.4, -0.2) is 43.6 Å². The number of carbonyl (C=O) groups excluding carboxylic acids is 1. The Bertz CT molecular complexity index is 461. The number of methoxy groups -OCH3 is 1. The number of nitrogens with two attached hydrogens (primary N) is 1. The first-order chi connectivity index (χ1) is 10.1. The number of likely N-dealkylation sites (N-methyl/N-ethyl adjacent to an activating group) is 1. The quantitative estimate of drug-likeness (QED) is 0.868. The van der Waals surface area contributed by atoms with E-state index in [1.165, 1.54) is 12.8 Å². The standard InChI is InChI=1S/C16H25N3O2/c1-19(15-6-4-3-5-14(15)17)11-16(20)18-12-7-9-13(21-2)10-8-12/h7-10,14-15H,3-6,11,17H2,1-2H3,(H,18,20). The minimum absolute atomic E-state index is 0.0135. The molecular weight excluding hydrogens is 266 g/mol. The largest absolute Gasteiger partial charge is 0.497 e. The molecule has 1 aliphatic rings. The lowest BCUT2D eigenvalue weighted by atomic mass is 9.90. The molecule has 0 saturated heterocycles. The summed E-state index contributed by atoms with van der Waals surface area (Å²) in [6.45, 7) is 0.365. The number of carbonyl (C=O) groups is 1. The van der Waals surface area contributed by atoms with Crippen molar-refractivity contribution < 1.29 is 9.53 Å². The van der Waals surface area contributed by atoms with Gasteiger partial charge in [0, 0.05) is 17.8 Å². The SMILES string of the molecule is COc1ccc(NC(=O)CN(C)C2CCCCC2N)cc1. The summed E-state index contributed by atoms with van der Waals surface area (Å²) < 4.78 is 5.10. The second kappa shape index (κ2) is 7.43. The zero-order chi connectivity index (χ0) is 15.2. The highest BCUT2D eigenvalue weighted by atomic mass is 16.5. The van der Waals surface area contributed by atoms with Gasteiger partial charge in [-0.25, -0.2) is 0 Å². The summed E-state index contributed by atoms with van der Waals surface area (Å²) in [5.41, 5.74) is 6.93. The first kappa shape index (κ1) is 15.8. The Labute approximate surface area is 126 Å². The predicted octanol–water partition coefficient (Wildman–Crippen LogP) is 1.84. The average molecular weight is 291 g/mol. The summed E-state index contributed by atoms with van der Waals surface area (Å²) in [5.74, 6) is 0.763. The number of hydrogen-bond donors (Lipinski definition) is 2. The van der Waals surface area contributed by atoms with Gasteiger partial charge in [0.1, 0.15) is 5.75 Å². The molecule has 0 spiro atoms. The van der Waals surface area contributed by atoms with Crippen LogP contribution in [0.1, 0.15) is 25.7 Å². The molecule has 1 aliphatic carbocycles. The van der Waals surface area contributed by atoms with Gasteiger partial charge in [0.15, 0.2) is 0 Å². The fourth-order valence-corrected chi connectivity index (χ4v) is 2.91. The number of rotatable bonds is 5. The van der Waals surface area contributed by atoms with Crippen LogP contribution in [0, 0.1) is 0 Å². The van der Waals surface area contributed by atoms with Crippen LogP contribution < -0.4 is 15.8 Å². The van der Waals surface area contributed by atoms with Crippen molar-refractivity contribution in [1.29, 1.82) is 0 Å². The van der Waals surface area contributed by atoms with Gasteiger partial charge in [0.25, 0.3) is 0 Å². The van der Waals surface area contributed by atoms with Gasteiger partial charge >= 0.3 is 0 Å². The molecule has 2 rings (SSSR count). The molecule has 0 aromatic heterocycles. The van der Waals surface area contributed by atoms with Crippen LogP contribution in [0.25, 0.3) is 0 Å². The minimum atomic E-state index is -0.0135. The summed E-state index contributed by atoms with van der Waals surface area (Å²) in [6.07, 6.45) is 4.52. The second-order valence-electron chi connectivity index (χ2n) is 5.71. The maximum absolute atomic E-state index is 12.1. The molecule has 1 amide bonds. The Kier molecular flexibility index (Phi) is 5.59. The molecule has 2 atom stereocenters. The Morgan fingerprint density at radius 3 is 2.62 bits per heavy atom. The molecule has 21 heavy (non-hydrogen) atoms. The number of nitrogens with one attached hydrogen (secondary N) is 1. The summed E-state index contributed by atoms with van der Waals surface area (Å²) in [7, 11) is 3.60. The first-order valence-electron chi connectivity index (χ1n) is 7.50. The number of hydrogen-bond acceptors (Lipinski definition) is 4. The van der Waals surface area contributed by atoms with Crippen LogP contribution in [0.3, 0.4) is 0 Å². The predicted molar refractivity (Wildman–Crippen MR) is 84.5 cm³/mol. The van der Waals surface area contributed by atoms with Gasteiger partial charge in [0.2, 0.25) is 5.91 Å². The van der Waals surface area contributed by atoms with E-state index < -0.39 is 0 Å². The van der Waals surface area contributed by atoms with Crippen molar-refractivity contribution in [3.8, 4) is 5.75 Å². The number of benzene rings is 1. The monoisotopic (exact) mass is 291 g/mol. The molecule has 0 heterocycles. The maximum Gasteiger partial charge on any atom is 0.238 e. The Hall–Kier alpha value is -1.59. The molecule has 1 aromatic carbocycles. The molecule has 1 aromatic rings. The average Bonchev–Trinajstić information content (AvgIpc) is 2.48. The maximum atomic E-state index is 12.1. The smallest absolute Gasteiger partial charge is 0.238 e. The molecule has 0 aliphatic heterocycles. The van der Waals surface area contributed by atoms with E-state index in [0.717, 1.165) is 24.3 Å². The summed E-state index contributed by atoms with van der Waals surface area (Å²) in [6, 6.07) is 7.82. The van der Waals surface area contributed by atoms with Crippen LogP contribution in [0.4, 0.5) is 5.69 Å². The van der Waals surface area contributed by atoms with Gasteiger partial charge in [-0.15, -0.1) is 0 Å². The van der Waals surface area contributed by atoms with Crippen molar-refractivity contribution in [2.24, 2.45) is 5.73 Å². The van der Waals surface area contributed by atoms with Crippen molar-refractivity contribution in [3.05, 3.63) is 24.3 Å². The number of anilines is 1. The van der Waals surface area contributed by atoms with E-state index in [9.17, 15) is 4.79 Å². The molecule has 5 heteroatoms. The first-order valence-corrected chi connectivity index (χ1v) is 7.50. The minimum Gasteiger partial charge on any atom is -0.497 e. The number of nitrogens with zero attached hydrogens (tertiary/aromatic N) is 1. The second-order valence-corrected chi connectivity index (χ2v) is 5.71. The van der Waals surface area contributed by atoms with E-state index >= 15 is 0 Å². The Balaban J connectivity index is 1.85. The van der Waals surface area contributed by atoms with Crippen LogP contribution in [0.15, 0.2) is 24.3 Å². The number of ether oxygens (including phenoxy) is 1. The third-order valence-corrected chi connectivity index (χ3v) is 4.11. The fraction of sp³-hybridized carbons (Fsp3) is 0.562. The van der Waals surface area contributed by atoms with Gasteiger partial charge < -0.3 is 15.8 Å². The Morgan fingerprint density at radius 1 is 1.33 bits per heavy atom. The third kappa shape index (κ3) is 4.44. The van der Waals surface area contributed by atoms with Gasteiger partial charge in [-0.2, -0.15) is 0 Å². The van der Waals surface area contributed by atoms with Crippen LogP contribution in [0.2, 0.25) is 0 Å². The highest BCUT2D eigenvalue weighted by Gasteiger charge is 2.26. The molecule has 0 bridgehead atoms. The lowest BCUT2D eigenvalue weighted by Gasteiger charge is -2.35. The number of amides is 1. The van der Waals surface area contributed by atoms with E-state index in [1.54, 1.807) is 7.11 Å². The normalized spacial score (nSPS) is 22.1. The van der Waals surface area contributed by atoms with Gasteiger partial charge in [0.05, 0.1) is 13.7 Å². The molecule has 0 radical (unpaired) electrons. The van der Waals surface area contributed by atoms with Crippen LogP contribution in [0.5, 0.6) is 5.75 Å². The lowest BCUT2D eigenvalue weighted by molar-refractivity contribution is -0.117. The lowest BCUT2D eigenvalue weighted by Crippen LogP contribution is -2.50. The van der Waals surface area contributed by atoms with Gasteiger partial charge in [-0.1, -0.05) is 12.8 Å². The van der Waals surface area contributed by atoms with Crippen molar-refractivity contribution >= 4 is 11.6 Å². The fourth-order valence-electron chi connectivity index (χ4n) is 2.91. The van der Waals surface area contributed by atoms with E-state index in [4.69, 9.17) is 10.5 Å². The zero-order valence-corrected chi connectivity index (χ0v) is 12.8. The summed E-state index contributed by atoms with van der Waals surface area (Å²) in [4.78, 5) is 14.2. The highest BCUT2D eigenvalue weighted by Crippen LogP contribution is 2.21. The zero-order valence-electron chi connectivity index (χ0n) is 12.8. The van der Waals surface area contributed by atoms with Crippen molar-refractivity contribution in [3.63, 3.8) is 0 Å². The molecule has 116 valence electrons. The topological polar surface area (TPSA) is 67.6 Å². The van der Waals surface area contributed by atoms with E-state index in [1.807, 2.05) is 31.3 Å². The van der Waals surface area contributed by atoms with E-state index in [2.05, 4.69) is 10.2 Å². The van der Waals surface area contributed by atoms with Crippen molar-refractivity contribution in [2.75, 3.05) is 26.0 Å².